The van der Waals surface area contributed by atoms with Gasteiger partial charge in [0, 0.05) is 18.6 Å². The number of alkyl halides is 3. The van der Waals surface area contributed by atoms with Gasteiger partial charge in [-0.25, -0.2) is 8.42 Å². The Bertz CT molecular complexity index is 789. The van der Waals surface area contributed by atoms with Crippen LogP contribution in [-0.4, -0.2) is 19.8 Å². The molecule has 0 N–H and O–H groups in total. The molecule has 0 heterocycles. The standard InChI is InChI=1S/C15H13ClF3NO2S/c1-20(23(21,22)13-8-6-12(16)7-9-13)10-11-4-2-3-5-14(11)15(17,18)19/h2-9H,10H2,1H3. The van der Waals surface area contributed by atoms with Gasteiger partial charge < -0.3 is 0 Å². The van der Waals surface area contributed by atoms with Gasteiger partial charge in [-0.05, 0) is 35.9 Å². The first-order chi connectivity index (χ1) is 10.6. The lowest BCUT2D eigenvalue weighted by Crippen LogP contribution is -2.27. The summed E-state index contributed by atoms with van der Waals surface area (Å²) in [6.45, 7) is -0.388. The van der Waals surface area contributed by atoms with Crippen LogP contribution in [0.2, 0.25) is 5.02 Å². The Hall–Kier alpha value is -1.57. The van der Waals surface area contributed by atoms with Crippen molar-refractivity contribution in [3.8, 4) is 0 Å². The normalized spacial score (nSPS) is 12.6. The average molecular weight is 364 g/mol. The van der Waals surface area contributed by atoms with Crippen LogP contribution in [0.1, 0.15) is 11.1 Å². The number of hydrogen-bond donors (Lipinski definition) is 0. The molecule has 0 saturated heterocycles. The van der Waals surface area contributed by atoms with Gasteiger partial charge in [0.15, 0.2) is 0 Å². The van der Waals surface area contributed by atoms with E-state index in [1.807, 2.05) is 0 Å². The molecule has 0 bridgehead atoms. The molecule has 2 aromatic carbocycles. The average Bonchev–Trinajstić information content (AvgIpc) is 2.47. The Balaban J connectivity index is 2.32. The van der Waals surface area contributed by atoms with Gasteiger partial charge in [0.25, 0.3) is 0 Å². The zero-order valence-corrected chi connectivity index (χ0v) is 13.6. The van der Waals surface area contributed by atoms with Gasteiger partial charge in [-0.1, -0.05) is 29.8 Å². The first-order valence-corrected chi connectivity index (χ1v) is 8.31. The number of nitrogens with zero attached hydrogens (tertiary/aromatic N) is 1. The molecule has 0 amide bonds. The largest absolute Gasteiger partial charge is 0.416 e. The van der Waals surface area contributed by atoms with Crippen molar-refractivity contribution in [3.05, 3.63) is 64.7 Å². The highest BCUT2D eigenvalue weighted by atomic mass is 35.5. The molecule has 0 aliphatic carbocycles. The van der Waals surface area contributed by atoms with Gasteiger partial charge in [0.2, 0.25) is 10.0 Å². The minimum Gasteiger partial charge on any atom is -0.207 e. The molecule has 124 valence electrons. The van der Waals surface area contributed by atoms with Crippen LogP contribution >= 0.6 is 11.6 Å². The number of rotatable bonds is 4. The third kappa shape index (κ3) is 4.04. The Labute approximate surface area is 137 Å². The van der Waals surface area contributed by atoms with Crippen molar-refractivity contribution in [1.29, 1.82) is 0 Å². The molecule has 0 fully saturated rings. The maximum Gasteiger partial charge on any atom is 0.416 e. The Morgan fingerprint density at radius 3 is 2.17 bits per heavy atom. The highest BCUT2D eigenvalue weighted by Crippen LogP contribution is 2.32. The molecule has 2 aromatic rings. The summed E-state index contributed by atoms with van der Waals surface area (Å²) in [5.74, 6) is 0. The lowest BCUT2D eigenvalue weighted by molar-refractivity contribution is -0.138. The van der Waals surface area contributed by atoms with Gasteiger partial charge in [-0.2, -0.15) is 17.5 Å². The zero-order chi connectivity index (χ0) is 17.3. The van der Waals surface area contributed by atoms with Crippen LogP contribution in [-0.2, 0) is 22.7 Å². The highest BCUT2D eigenvalue weighted by Gasteiger charge is 2.34. The summed E-state index contributed by atoms with van der Waals surface area (Å²) in [6, 6.07) is 10.3. The van der Waals surface area contributed by atoms with Crippen LogP contribution < -0.4 is 0 Å². The van der Waals surface area contributed by atoms with E-state index in [2.05, 4.69) is 0 Å². The maximum atomic E-state index is 13.0. The van der Waals surface area contributed by atoms with Crippen molar-refractivity contribution in [2.45, 2.75) is 17.6 Å². The second-order valence-electron chi connectivity index (χ2n) is 4.87. The van der Waals surface area contributed by atoms with E-state index in [-0.39, 0.29) is 17.0 Å². The van der Waals surface area contributed by atoms with Gasteiger partial charge in [-0.3, -0.25) is 0 Å². The SMILES string of the molecule is CN(Cc1ccccc1C(F)(F)F)S(=O)(=O)c1ccc(Cl)cc1. The van der Waals surface area contributed by atoms with E-state index in [0.29, 0.717) is 5.02 Å². The molecule has 0 aromatic heterocycles. The maximum absolute atomic E-state index is 13.0. The summed E-state index contributed by atoms with van der Waals surface area (Å²) < 4.78 is 64.6. The second kappa shape index (κ2) is 6.51. The molecule has 0 aliphatic rings. The molecule has 2 rings (SSSR count). The van der Waals surface area contributed by atoms with E-state index in [4.69, 9.17) is 11.6 Å². The molecule has 23 heavy (non-hydrogen) atoms. The molecule has 3 nitrogen and oxygen atoms in total. The van der Waals surface area contributed by atoms with Gasteiger partial charge >= 0.3 is 6.18 Å². The van der Waals surface area contributed by atoms with E-state index in [0.717, 1.165) is 10.4 Å². The summed E-state index contributed by atoms with van der Waals surface area (Å²) in [7, 11) is -2.68. The number of halogens is 4. The number of benzene rings is 2. The van der Waals surface area contributed by atoms with Crippen molar-refractivity contribution in [1.82, 2.24) is 4.31 Å². The molecule has 0 aliphatic heterocycles. The first kappa shape index (κ1) is 17.8. The van der Waals surface area contributed by atoms with E-state index >= 15 is 0 Å². The quantitative estimate of drug-likeness (QED) is 0.817. The van der Waals surface area contributed by atoms with Crippen molar-refractivity contribution in [2.24, 2.45) is 0 Å². The molecule has 0 spiro atoms. The molecule has 0 atom stereocenters. The summed E-state index contributed by atoms with van der Waals surface area (Å²) >= 11 is 5.71. The highest BCUT2D eigenvalue weighted by molar-refractivity contribution is 7.89. The van der Waals surface area contributed by atoms with Crippen molar-refractivity contribution in [2.75, 3.05) is 7.05 Å². The van der Waals surface area contributed by atoms with Crippen LogP contribution in [0.4, 0.5) is 13.2 Å². The zero-order valence-electron chi connectivity index (χ0n) is 12.0. The first-order valence-electron chi connectivity index (χ1n) is 6.49. The lowest BCUT2D eigenvalue weighted by Gasteiger charge is -2.20. The van der Waals surface area contributed by atoms with Crippen LogP contribution in [0.25, 0.3) is 0 Å². The molecular formula is C15H13ClF3NO2S. The predicted molar refractivity (Wildman–Crippen MR) is 81.5 cm³/mol. The third-order valence-electron chi connectivity index (χ3n) is 3.24. The summed E-state index contributed by atoms with van der Waals surface area (Å²) in [5, 5.41) is 0.369. The molecule has 0 saturated carbocycles. The van der Waals surface area contributed by atoms with Gasteiger partial charge in [0.1, 0.15) is 0 Å². The topological polar surface area (TPSA) is 37.4 Å². The number of hydrogen-bond acceptors (Lipinski definition) is 2. The van der Waals surface area contributed by atoms with Crippen molar-refractivity contribution < 1.29 is 21.6 Å². The molecule has 0 unspecified atom stereocenters. The molecular weight excluding hydrogens is 351 g/mol. The summed E-state index contributed by atoms with van der Waals surface area (Å²) in [5.41, 5.74) is -0.960. The second-order valence-corrected chi connectivity index (χ2v) is 7.35. The lowest BCUT2D eigenvalue weighted by atomic mass is 10.1. The Kier molecular flexibility index (Phi) is 5.03. The van der Waals surface area contributed by atoms with Crippen LogP contribution in [0.3, 0.4) is 0 Å². The molecule has 0 radical (unpaired) electrons. The summed E-state index contributed by atoms with van der Waals surface area (Å²) in [4.78, 5) is -0.0334. The summed E-state index contributed by atoms with van der Waals surface area (Å²) in [6.07, 6.45) is -4.54. The Morgan fingerprint density at radius 1 is 1.04 bits per heavy atom. The minimum absolute atomic E-state index is 0.0334. The fraction of sp³-hybridized carbons (Fsp3) is 0.200. The Morgan fingerprint density at radius 2 is 1.61 bits per heavy atom. The van der Waals surface area contributed by atoms with Crippen LogP contribution in [0.5, 0.6) is 0 Å². The molecule has 8 heteroatoms. The van der Waals surface area contributed by atoms with E-state index in [1.54, 1.807) is 0 Å². The van der Waals surface area contributed by atoms with E-state index in [9.17, 15) is 21.6 Å². The van der Waals surface area contributed by atoms with Gasteiger partial charge in [0.05, 0.1) is 10.5 Å². The third-order valence-corrected chi connectivity index (χ3v) is 5.31. The van der Waals surface area contributed by atoms with Crippen molar-refractivity contribution in [3.63, 3.8) is 0 Å². The minimum atomic E-state index is -4.54. The van der Waals surface area contributed by atoms with Gasteiger partial charge in [-0.15, -0.1) is 0 Å². The fourth-order valence-electron chi connectivity index (χ4n) is 2.05. The van der Waals surface area contributed by atoms with Crippen molar-refractivity contribution >= 4 is 21.6 Å². The van der Waals surface area contributed by atoms with Crippen LogP contribution in [0, 0.1) is 0 Å². The van der Waals surface area contributed by atoms with Crippen LogP contribution in [0.15, 0.2) is 53.4 Å². The predicted octanol–water partition coefficient (Wildman–Crippen LogP) is 4.18. The fourth-order valence-corrected chi connectivity index (χ4v) is 3.32. The smallest absolute Gasteiger partial charge is 0.207 e. The number of sulfonamides is 1. The van der Waals surface area contributed by atoms with E-state index < -0.39 is 21.8 Å². The van der Waals surface area contributed by atoms with E-state index in [1.165, 1.54) is 49.5 Å². The monoisotopic (exact) mass is 363 g/mol.